The average molecular weight is 483 g/mol. The molecule has 0 amide bonds. The van der Waals surface area contributed by atoms with Gasteiger partial charge in [-0.25, -0.2) is 4.39 Å². The Hall–Kier alpha value is -3.47. The summed E-state index contributed by atoms with van der Waals surface area (Å²) in [6.45, 7) is 8.76. The highest BCUT2D eigenvalue weighted by Crippen LogP contribution is 2.45. The topological polar surface area (TPSA) is 15.7 Å². The Morgan fingerprint density at radius 1 is 0.972 bits per heavy atom. The maximum Gasteiger partial charge on any atom is 0.123 e. The largest absolute Gasteiger partial charge is 0.379 e. The van der Waals surface area contributed by atoms with Gasteiger partial charge in [0.25, 0.3) is 0 Å². The molecule has 0 aliphatic carbocycles. The molecule has 4 rings (SSSR count). The van der Waals surface area contributed by atoms with Gasteiger partial charge in [-0.1, -0.05) is 72.8 Å². The fourth-order valence-electron chi connectivity index (χ4n) is 5.32. The van der Waals surface area contributed by atoms with E-state index in [0.717, 1.165) is 23.2 Å². The van der Waals surface area contributed by atoms with Crippen LogP contribution in [0.3, 0.4) is 0 Å². The second-order valence-corrected chi connectivity index (χ2v) is 9.12. The van der Waals surface area contributed by atoms with Crippen LogP contribution in [0.2, 0.25) is 0 Å². The van der Waals surface area contributed by atoms with E-state index in [4.69, 9.17) is 4.74 Å². The van der Waals surface area contributed by atoms with Crippen LogP contribution in [-0.4, -0.2) is 37.7 Å². The normalized spacial score (nSPS) is 19.1. The second kappa shape index (κ2) is 12.0. The molecule has 1 aliphatic heterocycles. The van der Waals surface area contributed by atoms with Crippen LogP contribution in [-0.2, 0) is 4.74 Å². The third-order valence-electron chi connectivity index (χ3n) is 7.03. The summed E-state index contributed by atoms with van der Waals surface area (Å²) in [5.74, 6) is -0.232. The van der Waals surface area contributed by atoms with Crippen molar-refractivity contribution >= 4 is 11.3 Å². The van der Waals surface area contributed by atoms with Gasteiger partial charge in [0, 0.05) is 44.5 Å². The summed E-state index contributed by atoms with van der Waals surface area (Å²) < 4.78 is 20.0. The summed E-state index contributed by atoms with van der Waals surface area (Å²) >= 11 is 0. The number of rotatable bonds is 10. The van der Waals surface area contributed by atoms with Crippen LogP contribution in [0.4, 0.5) is 10.1 Å². The number of hydrogen-bond acceptors (Lipinski definition) is 3. The zero-order valence-electron chi connectivity index (χ0n) is 21.2. The number of anilines is 1. The summed E-state index contributed by atoms with van der Waals surface area (Å²) in [6, 6.07) is 27.8. The SMILES string of the molecule is C=CC[C@H](OC)[C@H]1C(c2ccccc2)=C(N(C)c2ccccc2)C[C@@H](c2ccc(F)cc2)N1CC=C. The lowest BCUT2D eigenvalue weighted by molar-refractivity contribution is 0.0215. The van der Waals surface area contributed by atoms with Gasteiger partial charge in [-0.2, -0.15) is 0 Å². The lowest BCUT2D eigenvalue weighted by Gasteiger charge is -2.48. The zero-order chi connectivity index (χ0) is 25.5. The molecule has 0 bridgehead atoms. The van der Waals surface area contributed by atoms with Gasteiger partial charge in [-0.15, -0.1) is 13.2 Å². The third-order valence-corrected chi connectivity index (χ3v) is 7.03. The van der Waals surface area contributed by atoms with Crippen molar-refractivity contribution in [3.05, 3.63) is 133 Å². The summed E-state index contributed by atoms with van der Waals surface area (Å²) in [5, 5.41) is 0. The molecule has 3 nitrogen and oxygen atoms in total. The van der Waals surface area contributed by atoms with Crippen LogP contribution >= 0.6 is 0 Å². The molecule has 0 spiro atoms. The smallest absolute Gasteiger partial charge is 0.123 e. The average Bonchev–Trinajstić information content (AvgIpc) is 2.93. The maximum atomic E-state index is 13.9. The van der Waals surface area contributed by atoms with E-state index in [-0.39, 0.29) is 24.0 Å². The number of hydrogen-bond donors (Lipinski definition) is 0. The molecule has 0 N–H and O–H groups in total. The highest BCUT2D eigenvalue weighted by molar-refractivity contribution is 5.78. The molecule has 3 aromatic carbocycles. The number of ether oxygens (including phenoxy) is 1. The number of halogens is 1. The molecule has 0 aromatic heterocycles. The van der Waals surface area contributed by atoms with E-state index >= 15 is 0 Å². The van der Waals surface area contributed by atoms with E-state index in [2.05, 4.69) is 78.5 Å². The minimum absolute atomic E-state index is 0.0182. The Labute approximate surface area is 214 Å². The minimum atomic E-state index is -0.232. The third kappa shape index (κ3) is 5.35. The maximum absolute atomic E-state index is 13.9. The van der Waals surface area contributed by atoms with Crippen LogP contribution in [0.25, 0.3) is 5.57 Å². The summed E-state index contributed by atoms with van der Waals surface area (Å²) in [5.41, 5.74) is 5.81. The number of nitrogens with zero attached hydrogens (tertiary/aromatic N) is 2. The molecule has 1 heterocycles. The Balaban J connectivity index is 1.99. The molecule has 36 heavy (non-hydrogen) atoms. The lowest BCUT2D eigenvalue weighted by Crippen LogP contribution is -2.51. The van der Waals surface area contributed by atoms with Crippen molar-refractivity contribution in [3.63, 3.8) is 0 Å². The van der Waals surface area contributed by atoms with E-state index in [1.165, 1.54) is 11.3 Å². The minimum Gasteiger partial charge on any atom is -0.379 e. The highest BCUT2D eigenvalue weighted by atomic mass is 19.1. The first-order chi connectivity index (χ1) is 17.6. The standard InChI is InChI=1S/C32H35FN2O/c1-5-13-30(36-4)32-31(25-14-9-7-10-15-25)29(34(3)27-16-11-8-12-17-27)23-28(35(32)22-6-2)24-18-20-26(33)21-19-24/h5-12,14-21,28,30,32H,1-2,13,22-23H2,3-4H3/t28-,30-,32-/m0/s1. The fraction of sp³-hybridized carbons (Fsp3) is 0.250. The van der Waals surface area contributed by atoms with Gasteiger partial charge in [0.2, 0.25) is 0 Å². The van der Waals surface area contributed by atoms with E-state index < -0.39 is 0 Å². The quantitative estimate of drug-likeness (QED) is 0.283. The van der Waals surface area contributed by atoms with Crippen molar-refractivity contribution in [1.29, 1.82) is 0 Å². The van der Waals surface area contributed by atoms with Crippen molar-refractivity contribution in [2.75, 3.05) is 25.6 Å². The van der Waals surface area contributed by atoms with Crippen molar-refractivity contribution in [3.8, 4) is 0 Å². The van der Waals surface area contributed by atoms with Crippen LogP contribution in [0.15, 0.2) is 116 Å². The van der Waals surface area contributed by atoms with E-state index in [1.54, 1.807) is 19.2 Å². The molecule has 186 valence electrons. The Kier molecular flexibility index (Phi) is 8.52. The first-order valence-corrected chi connectivity index (χ1v) is 12.4. The van der Waals surface area contributed by atoms with Crippen molar-refractivity contribution in [2.45, 2.75) is 31.0 Å². The zero-order valence-corrected chi connectivity index (χ0v) is 21.2. The molecular weight excluding hydrogens is 447 g/mol. The predicted octanol–water partition coefficient (Wildman–Crippen LogP) is 7.27. The predicted molar refractivity (Wildman–Crippen MR) is 148 cm³/mol. The van der Waals surface area contributed by atoms with E-state index in [0.29, 0.717) is 13.0 Å². The van der Waals surface area contributed by atoms with Crippen molar-refractivity contribution in [1.82, 2.24) is 4.90 Å². The Bertz CT molecular complexity index is 1170. The molecule has 4 heteroatoms. The number of para-hydroxylation sites is 1. The Morgan fingerprint density at radius 3 is 2.19 bits per heavy atom. The van der Waals surface area contributed by atoms with Gasteiger partial charge < -0.3 is 9.64 Å². The molecule has 0 saturated carbocycles. The second-order valence-electron chi connectivity index (χ2n) is 9.12. The molecular formula is C32H35FN2O. The van der Waals surface area contributed by atoms with Crippen LogP contribution in [0, 0.1) is 5.82 Å². The number of benzene rings is 3. The number of methoxy groups -OCH3 is 1. The molecule has 0 fully saturated rings. The Morgan fingerprint density at radius 2 is 1.61 bits per heavy atom. The molecule has 3 atom stereocenters. The fourth-order valence-corrected chi connectivity index (χ4v) is 5.32. The van der Waals surface area contributed by atoms with E-state index in [1.807, 2.05) is 36.4 Å². The van der Waals surface area contributed by atoms with Gasteiger partial charge >= 0.3 is 0 Å². The van der Waals surface area contributed by atoms with Crippen LogP contribution in [0.1, 0.15) is 30.0 Å². The molecule has 1 aliphatic rings. The first kappa shape index (κ1) is 25.6. The molecule has 3 aromatic rings. The van der Waals surface area contributed by atoms with Crippen LogP contribution < -0.4 is 4.90 Å². The summed E-state index contributed by atoms with van der Waals surface area (Å²) in [7, 11) is 3.90. The van der Waals surface area contributed by atoms with Gasteiger partial charge in [-0.3, -0.25) is 4.90 Å². The van der Waals surface area contributed by atoms with Gasteiger partial charge in [0.1, 0.15) is 5.82 Å². The van der Waals surface area contributed by atoms with Gasteiger partial charge in [-0.05, 0) is 47.4 Å². The monoisotopic (exact) mass is 482 g/mol. The van der Waals surface area contributed by atoms with Crippen molar-refractivity contribution in [2.24, 2.45) is 0 Å². The van der Waals surface area contributed by atoms with Crippen LogP contribution in [0.5, 0.6) is 0 Å². The van der Waals surface area contributed by atoms with Gasteiger partial charge in [0.05, 0.1) is 12.1 Å². The molecule has 0 radical (unpaired) electrons. The first-order valence-electron chi connectivity index (χ1n) is 12.4. The van der Waals surface area contributed by atoms with E-state index in [9.17, 15) is 4.39 Å². The summed E-state index contributed by atoms with van der Waals surface area (Å²) in [4.78, 5) is 4.74. The molecule has 0 unspecified atom stereocenters. The summed E-state index contributed by atoms with van der Waals surface area (Å²) in [6.07, 6.45) is 5.20. The van der Waals surface area contributed by atoms with Gasteiger partial charge in [0.15, 0.2) is 0 Å². The van der Waals surface area contributed by atoms with Crippen molar-refractivity contribution < 1.29 is 9.13 Å². The lowest BCUT2D eigenvalue weighted by atomic mass is 9.81. The highest BCUT2D eigenvalue weighted by Gasteiger charge is 2.42. The molecule has 0 saturated heterocycles.